The molecule has 6 nitrogen and oxygen atoms in total. The van der Waals surface area contributed by atoms with Gasteiger partial charge in [-0.05, 0) is 57.8 Å². The summed E-state index contributed by atoms with van der Waals surface area (Å²) in [4.78, 5) is 24.4. The van der Waals surface area contributed by atoms with E-state index in [0.29, 0.717) is 19.4 Å². The van der Waals surface area contributed by atoms with Gasteiger partial charge >= 0.3 is 5.97 Å². The normalized spacial score (nSPS) is 12.8. The molecule has 2 atom stereocenters. The molecule has 6 heteroatoms. The van der Waals surface area contributed by atoms with Crippen molar-refractivity contribution < 1.29 is 24.5 Å². The lowest BCUT2D eigenvalue weighted by Crippen LogP contribution is -2.45. The van der Waals surface area contributed by atoms with Gasteiger partial charge < -0.3 is 20.3 Å². The molecule has 3 N–H and O–H groups in total. The van der Waals surface area contributed by atoms with E-state index in [1.165, 1.54) is 205 Å². The number of ether oxygens (including phenoxy) is 1. The number of aliphatic hydroxyl groups is 2. The molecule has 0 spiro atoms. The molecule has 0 saturated heterocycles. The van der Waals surface area contributed by atoms with Crippen LogP contribution in [0.15, 0.2) is 24.3 Å². The first-order chi connectivity index (χ1) is 29.0. The summed E-state index contributed by atoms with van der Waals surface area (Å²) in [6, 6.07) is -0.629. The van der Waals surface area contributed by atoms with Crippen molar-refractivity contribution in [2.45, 2.75) is 289 Å². The molecule has 0 aliphatic heterocycles. The van der Waals surface area contributed by atoms with Gasteiger partial charge in [-0.3, -0.25) is 9.59 Å². The van der Waals surface area contributed by atoms with Gasteiger partial charge in [0, 0.05) is 12.8 Å². The van der Waals surface area contributed by atoms with Gasteiger partial charge in [0.1, 0.15) is 0 Å². The zero-order valence-electron chi connectivity index (χ0n) is 39.5. The molecule has 0 aliphatic rings. The Hall–Kier alpha value is -1.66. The van der Waals surface area contributed by atoms with Crippen molar-refractivity contribution in [3.8, 4) is 0 Å². The number of allylic oxidation sites excluding steroid dienone is 3. The molecule has 0 aromatic carbocycles. The quantitative estimate of drug-likeness (QED) is 0.0322. The molecule has 0 aromatic heterocycles. The SMILES string of the molecule is CCCCCCC/C=C\CCCCCCCC(=O)OCCCCCCCCCCCCCCCCCCCCC(=O)NC(CO)C(O)/C=C/CCCCCCCCCC. The van der Waals surface area contributed by atoms with Crippen LogP contribution in [0.25, 0.3) is 0 Å². The maximum Gasteiger partial charge on any atom is 0.305 e. The van der Waals surface area contributed by atoms with Gasteiger partial charge in [-0.25, -0.2) is 0 Å². The van der Waals surface area contributed by atoms with Crippen molar-refractivity contribution in [3.63, 3.8) is 0 Å². The lowest BCUT2D eigenvalue weighted by molar-refractivity contribution is -0.143. The molecule has 0 aliphatic carbocycles. The van der Waals surface area contributed by atoms with Crippen LogP contribution in [0.1, 0.15) is 277 Å². The third kappa shape index (κ3) is 45.7. The maximum absolute atomic E-state index is 12.4. The van der Waals surface area contributed by atoms with E-state index in [1.54, 1.807) is 6.08 Å². The minimum absolute atomic E-state index is 0.00255. The van der Waals surface area contributed by atoms with Crippen LogP contribution in [0.5, 0.6) is 0 Å². The summed E-state index contributed by atoms with van der Waals surface area (Å²) in [5.41, 5.74) is 0. The molecule has 0 bridgehead atoms. The smallest absolute Gasteiger partial charge is 0.305 e. The standard InChI is InChI=1S/C53H101NO5/c1-3-5-7-9-11-13-15-16-24-27-31-35-39-43-47-53(58)59-48-44-40-36-32-28-25-22-20-18-17-19-21-23-26-30-34-38-42-46-52(57)54-50(49-55)51(56)45-41-37-33-29-14-12-10-8-6-4-2/h15-16,41,45,50-51,55-56H,3-14,17-40,42-44,46-49H2,1-2H3,(H,54,57)/b16-15-,45-41+. The van der Waals surface area contributed by atoms with Crippen LogP contribution < -0.4 is 5.32 Å². The zero-order chi connectivity index (χ0) is 43.0. The minimum Gasteiger partial charge on any atom is -0.466 e. The number of amides is 1. The van der Waals surface area contributed by atoms with Crippen LogP contribution in [0.4, 0.5) is 0 Å². The van der Waals surface area contributed by atoms with E-state index in [4.69, 9.17) is 4.74 Å². The van der Waals surface area contributed by atoms with Crippen LogP contribution in [-0.4, -0.2) is 47.4 Å². The van der Waals surface area contributed by atoms with Crippen molar-refractivity contribution in [2.24, 2.45) is 0 Å². The lowest BCUT2D eigenvalue weighted by Gasteiger charge is -2.20. The maximum atomic E-state index is 12.4. The monoisotopic (exact) mass is 832 g/mol. The Labute approximate surface area is 367 Å². The molecule has 2 unspecified atom stereocenters. The first kappa shape index (κ1) is 57.3. The Balaban J connectivity index is 3.41. The van der Waals surface area contributed by atoms with Crippen LogP contribution >= 0.6 is 0 Å². The summed E-state index contributed by atoms with van der Waals surface area (Å²) in [5, 5.41) is 22.9. The summed E-state index contributed by atoms with van der Waals surface area (Å²) in [6.07, 6.45) is 57.6. The van der Waals surface area contributed by atoms with E-state index >= 15 is 0 Å². The van der Waals surface area contributed by atoms with E-state index < -0.39 is 12.1 Å². The number of nitrogens with one attached hydrogen (secondary N) is 1. The molecule has 1 amide bonds. The van der Waals surface area contributed by atoms with Gasteiger partial charge in [-0.15, -0.1) is 0 Å². The van der Waals surface area contributed by atoms with E-state index in [2.05, 4.69) is 31.3 Å². The van der Waals surface area contributed by atoms with Crippen molar-refractivity contribution in [1.29, 1.82) is 0 Å². The summed E-state index contributed by atoms with van der Waals surface area (Å²) in [6.45, 7) is 4.86. The van der Waals surface area contributed by atoms with E-state index in [-0.39, 0.29) is 18.5 Å². The third-order valence-corrected chi connectivity index (χ3v) is 12.0. The number of carbonyl (C=O) groups is 2. The highest BCUT2D eigenvalue weighted by Gasteiger charge is 2.18. The lowest BCUT2D eigenvalue weighted by atomic mass is 10.0. The number of rotatable bonds is 48. The number of hydrogen-bond donors (Lipinski definition) is 3. The molecular formula is C53H101NO5. The average molecular weight is 832 g/mol. The third-order valence-electron chi connectivity index (χ3n) is 12.0. The second kappa shape index (κ2) is 49.0. The van der Waals surface area contributed by atoms with Gasteiger partial charge in [-0.2, -0.15) is 0 Å². The molecular weight excluding hydrogens is 731 g/mol. The Kier molecular flexibility index (Phi) is 47.6. The Morgan fingerprint density at radius 3 is 1.20 bits per heavy atom. The molecule has 0 radical (unpaired) electrons. The fourth-order valence-corrected chi connectivity index (χ4v) is 7.92. The summed E-state index contributed by atoms with van der Waals surface area (Å²) in [7, 11) is 0. The number of unbranched alkanes of at least 4 members (excludes halogenated alkanes) is 35. The van der Waals surface area contributed by atoms with Crippen LogP contribution in [0, 0.1) is 0 Å². The second-order valence-corrected chi connectivity index (χ2v) is 17.9. The van der Waals surface area contributed by atoms with Crippen LogP contribution in [-0.2, 0) is 14.3 Å². The summed E-state index contributed by atoms with van der Waals surface area (Å²) >= 11 is 0. The Morgan fingerprint density at radius 1 is 0.458 bits per heavy atom. The highest BCUT2D eigenvalue weighted by molar-refractivity contribution is 5.76. The molecule has 0 saturated carbocycles. The van der Waals surface area contributed by atoms with E-state index in [1.807, 2.05) is 6.08 Å². The van der Waals surface area contributed by atoms with Gasteiger partial charge in [0.05, 0.1) is 25.4 Å². The van der Waals surface area contributed by atoms with Crippen LogP contribution in [0.2, 0.25) is 0 Å². The second-order valence-electron chi connectivity index (χ2n) is 17.9. The molecule has 348 valence electrons. The Bertz CT molecular complexity index is 920. The fraction of sp³-hybridized carbons (Fsp3) is 0.887. The average Bonchev–Trinajstić information content (AvgIpc) is 3.24. The molecule has 0 rings (SSSR count). The van der Waals surface area contributed by atoms with Crippen molar-refractivity contribution in [1.82, 2.24) is 5.32 Å². The molecule has 0 aromatic rings. The fourth-order valence-electron chi connectivity index (χ4n) is 7.92. The number of carbonyl (C=O) groups excluding carboxylic acids is 2. The van der Waals surface area contributed by atoms with E-state index in [9.17, 15) is 19.8 Å². The predicted molar refractivity (Wildman–Crippen MR) is 255 cm³/mol. The van der Waals surface area contributed by atoms with Gasteiger partial charge in [0.25, 0.3) is 0 Å². The van der Waals surface area contributed by atoms with Gasteiger partial charge in [0.2, 0.25) is 5.91 Å². The van der Waals surface area contributed by atoms with Crippen LogP contribution in [0.3, 0.4) is 0 Å². The van der Waals surface area contributed by atoms with Gasteiger partial charge in [-0.1, -0.05) is 231 Å². The summed E-state index contributed by atoms with van der Waals surface area (Å²) in [5.74, 6) is -0.0768. The highest BCUT2D eigenvalue weighted by Crippen LogP contribution is 2.16. The highest BCUT2D eigenvalue weighted by atomic mass is 16.5. The van der Waals surface area contributed by atoms with Crippen molar-refractivity contribution in [2.75, 3.05) is 13.2 Å². The van der Waals surface area contributed by atoms with Crippen molar-refractivity contribution >= 4 is 11.9 Å². The summed E-state index contributed by atoms with van der Waals surface area (Å²) < 4.78 is 5.46. The number of hydrogen-bond acceptors (Lipinski definition) is 5. The van der Waals surface area contributed by atoms with Crippen molar-refractivity contribution in [3.05, 3.63) is 24.3 Å². The first-order valence-corrected chi connectivity index (χ1v) is 26.1. The first-order valence-electron chi connectivity index (χ1n) is 26.1. The van der Waals surface area contributed by atoms with E-state index in [0.717, 1.165) is 44.9 Å². The largest absolute Gasteiger partial charge is 0.466 e. The minimum atomic E-state index is -0.845. The number of esters is 1. The topological polar surface area (TPSA) is 95.9 Å². The zero-order valence-corrected chi connectivity index (χ0v) is 39.5. The molecule has 0 heterocycles. The number of aliphatic hydroxyl groups excluding tert-OH is 2. The molecule has 0 fully saturated rings. The van der Waals surface area contributed by atoms with Gasteiger partial charge in [0.15, 0.2) is 0 Å². The predicted octanol–water partition coefficient (Wildman–Crippen LogP) is 15.5. The Morgan fingerprint density at radius 2 is 0.797 bits per heavy atom. The molecule has 59 heavy (non-hydrogen) atoms.